The van der Waals surface area contributed by atoms with E-state index in [0.717, 1.165) is 4.76 Å². The highest BCUT2D eigenvalue weighted by atomic mass is 19.1. The quantitative estimate of drug-likeness (QED) is 0.786. The van der Waals surface area contributed by atoms with Gasteiger partial charge in [-0.15, -0.1) is 0 Å². The van der Waals surface area contributed by atoms with E-state index in [0.29, 0.717) is 29.3 Å². The van der Waals surface area contributed by atoms with Crippen LogP contribution in [0.25, 0.3) is 10.9 Å². The molecule has 0 bridgehead atoms. The first-order chi connectivity index (χ1) is 13.3. The maximum Gasteiger partial charge on any atom is 0.252 e. The Balaban J connectivity index is 1.75. The summed E-state index contributed by atoms with van der Waals surface area (Å²) in [5, 5.41) is 12.0. The smallest absolute Gasteiger partial charge is 0.252 e. The third kappa shape index (κ3) is 3.79. The van der Waals surface area contributed by atoms with Gasteiger partial charge in [-0.3, -0.25) is 9.59 Å². The van der Waals surface area contributed by atoms with Gasteiger partial charge in [0.15, 0.2) is 0 Å². The number of nitrogens with one attached hydrogen (secondary N) is 2. The third-order valence-electron chi connectivity index (χ3n) is 5.43. The molecule has 1 saturated heterocycles. The minimum atomic E-state index is -0.461. The lowest BCUT2D eigenvalue weighted by atomic mass is 9.92. The molecule has 1 aromatic heterocycles. The molecule has 2 unspecified atom stereocenters. The number of benzene rings is 1. The topological polar surface area (TPSA) is 106 Å². The fourth-order valence-electron chi connectivity index (χ4n) is 3.87. The van der Waals surface area contributed by atoms with E-state index >= 15 is 0 Å². The van der Waals surface area contributed by atoms with Gasteiger partial charge in [0.05, 0.1) is 24.0 Å². The average molecular weight is 385 g/mol. The summed E-state index contributed by atoms with van der Waals surface area (Å²) in [6.07, 6.45) is 0.926. The fourth-order valence-corrected chi connectivity index (χ4v) is 3.87. The van der Waals surface area contributed by atoms with Gasteiger partial charge in [-0.1, -0.05) is 6.07 Å². The first-order valence-electron chi connectivity index (χ1n) is 9.24. The fraction of sp³-hybridized carbons (Fsp3) is 0.450. The lowest BCUT2D eigenvalue weighted by Gasteiger charge is -2.23. The SMILES string of the molecule is Cc1c(CC(=O)N[C@H](C)C2CCC(C#N)C[N+]2=O)c(=O)[nH]c2cccc(F)c12. The van der Waals surface area contributed by atoms with Crippen LogP contribution in [-0.4, -0.2) is 34.3 Å². The molecule has 8 heteroatoms. The van der Waals surface area contributed by atoms with Gasteiger partial charge in [0, 0.05) is 27.0 Å². The van der Waals surface area contributed by atoms with Crippen LogP contribution in [0.15, 0.2) is 23.0 Å². The number of piperidine rings is 1. The number of carbonyl (C=O) groups excluding carboxylic acids is 1. The van der Waals surface area contributed by atoms with Crippen molar-refractivity contribution in [2.24, 2.45) is 5.92 Å². The summed E-state index contributed by atoms with van der Waals surface area (Å²) in [4.78, 5) is 39.6. The number of H-pyrrole nitrogens is 1. The molecule has 0 radical (unpaired) electrons. The van der Waals surface area contributed by atoms with Gasteiger partial charge < -0.3 is 10.3 Å². The van der Waals surface area contributed by atoms with Crippen LogP contribution < -0.4 is 10.9 Å². The molecule has 1 aliphatic heterocycles. The highest BCUT2D eigenvalue weighted by Gasteiger charge is 2.39. The minimum Gasteiger partial charge on any atom is -0.347 e. The molecular formula is C20H22FN4O3+. The second-order valence-corrected chi connectivity index (χ2v) is 7.32. The molecule has 2 N–H and O–H groups in total. The van der Waals surface area contributed by atoms with Gasteiger partial charge >= 0.3 is 0 Å². The molecule has 1 aromatic carbocycles. The van der Waals surface area contributed by atoms with Crippen LogP contribution in [0.3, 0.4) is 0 Å². The van der Waals surface area contributed by atoms with Crippen molar-refractivity contribution in [3.8, 4) is 6.07 Å². The number of nitrogens with zero attached hydrogens (tertiary/aromatic N) is 2. The highest BCUT2D eigenvalue weighted by Crippen LogP contribution is 2.22. The Bertz CT molecular complexity index is 1040. The van der Waals surface area contributed by atoms with Gasteiger partial charge in [0.2, 0.25) is 18.5 Å². The summed E-state index contributed by atoms with van der Waals surface area (Å²) < 4.78 is 15.0. The van der Waals surface area contributed by atoms with E-state index < -0.39 is 29.4 Å². The second kappa shape index (κ2) is 7.89. The van der Waals surface area contributed by atoms with Crippen molar-refractivity contribution < 1.29 is 13.9 Å². The average Bonchev–Trinajstić information content (AvgIpc) is 2.64. The zero-order chi connectivity index (χ0) is 20.4. The Morgan fingerprint density at radius 2 is 2.21 bits per heavy atom. The van der Waals surface area contributed by atoms with Gasteiger partial charge in [-0.25, -0.2) is 4.39 Å². The summed E-state index contributed by atoms with van der Waals surface area (Å²) in [5.74, 6) is -1.16. The number of aromatic amines is 1. The molecule has 0 spiro atoms. The number of hydrogen-bond donors (Lipinski definition) is 2. The van der Waals surface area contributed by atoms with E-state index in [9.17, 15) is 18.9 Å². The van der Waals surface area contributed by atoms with Crippen LogP contribution in [0, 0.1) is 34.9 Å². The Morgan fingerprint density at radius 1 is 1.46 bits per heavy atom. The predicted octanol–water partition coefficient (Wildman–Crippen LogP) is 2.10. The molecule has 146 valence electrons. The highest BCUT2D eigenvalue weighted by molar-refractivity contribution is 5.86. The number of halogens is 1. The second-order valence-electron chi connectivity index (χ2n) is 7.32. The van der Waals surface area contributed by atoms with E-state index in [4.69, 9.17) is 5.26 Å². The molecule has 1 aliphatic rings. The standard InChI is InChI=1S/C20H21FN4O3/c1-11-14(20(27)24-16-5-3-4-15(21)19(11)16)8-18(26)23-12(2)17-7-6-13(9-22)10-25(17)28/h3-5,12-13,17H,6-8,10H2,1-2H3,(H-,23,24,26,27)/p+1/t12-,13?,17?/m1/s1. The largest absolute Gasteiger partial charge is 0.347 e. The first kappa shape index (κ1) is 19.7. The number of aromatic nitrogens is 1. The molecule has 0 aliphatic carbocycles. The van der Waals surface area contributed by atoms with Crippen molar-refractivity contribution >= 4 is 16.8 Å². The maximum absolute atomic E-state index is 14.2. The Hall–Kier alpha value is -3.08. The third-order valence-corrected chi connectivity index (χ3v) is 5.43. The number of rotatable bonds is 4. The molecule has 1 fully saturated rings. The summed E-state index contributed by atoms with van der Waals surface area (Å²) in [6.45, 7) is 3.48. The number of nitriles is 1. The molecule has 7 nitrogen and oxygen atoms in total. The van der Waals surface area contributed by atoms with Crippen molar-refractivity contribution in [2.45, 2.75) is 45.2 Å². The van der Waals surface area contributed by atoms with Crippen molar-refractivity contribution in [1.82, 2.24) is 10.3 Å². The van der Waals surface area contributed by atoms with Crippen molar-refractivity contribution in [1.29, 1.82) is 5.26 Å². The first-order valence-corrected chi connectivity index (χ1v) is 9.24. The van der Waals surface area contributed by atoms with Crippen LogP contribution in [0.4, 0.5) is 4.39 Å². The lowest BCUT2D eigenvalue weighted by molar-refractivity contribution is -0.603. The molecule has 2 heterocycles. The number of nitroso groups, excluding NO2 is 1. The summed E-state index contributed by atoms with van der Waals surface area (Å²) >= 11 is 0. The Morgan fingerprint density at radius 3 is 2.89 bits per heavy atom. The molecule has 28 heavy (non-hydrogen) atoms. The Kier molecular flexibility index (Phi) is 5.54. The lowest BCUT2D eigenvalue weighted by Crippen LogP contribution is -2.49. The van der Waals surface area contributed by atoms with E-state index in [-0.39, 0.29) is 24.4 Å². The molecule has 2 aromatic rings. The minimum absolute atomic E-state index is 0.129. The van der Waals surface area contributed by atoms with Gasteiger partial charge in [0.25, 0.3) is 5.56 Å². The normalized spacial score (nSPS) is 20.6. The Labute approximate surface area is 161 Å². The van der Waals surface area contributed by atoms with E-state index in [1.807, 2.05) is 0 Å². The molecule has 3 atom stereocenters. The zero-order valence-corrected chi connectivity index (χ0v) is 15.8. The van der Waals surface area contributed by atoms with E-state index in [1.165, 1.54) is 12.1 Å². The number of hydrogen-bond acceptors (Lipinski definition) is 4. The van der Waals surface area contributed by atoms with Crippen LogP contribution in [-0.2, 0) is 11.2 Å². The van der Waals surface area contributed by atoms with Crippen LogP contribution in [0.5, 0.6) is 0 Å². The molecule has 1 amide bonds. The van der Waals surface area contributed by atoms with Crippen molar-refractivity contribution in [3.05, 3.63) is 50.4 Å². The number of aryl methyl sites for hydroxylation is 1. The van der Waals surface area contributed by atoms with Gasteiger partial charge in [0.1, 0.15) is 11.7 Å². The van der Waals surface area contributed by atoms with Crippen LogP contribution >= 0.6 is 0 Å². The molecule has 0 saturated carbocycles. The number of fused-ring (bicyclic) bond motifs is 1. The predicted molar refractivity (Wildman–Crippen MR) is 101 cm³/mol. The summed E-state index contributed by atoms with van der Waals surface area (Å²) in [6, 6.07) is 5.68. The maximum atomic E-state index is 14.2. The van der Waals surface area contributed by atoms with Crippen molar-refractivity contribution in [2.75, 3.05) is 6.54 Å². The monoisotopic (exact) mass is 385 g/mol. The summed E-state index contributed by atoms with van der Waals surface area (Å²) in [7, 11) is 0. The van der Waals surface area contributed by atoms with Crippen LogP contribution in [0.1, 0.15) is 30.9 Å². The van der Waals surface area contributed by atoms with Gasteiger partial charge in [-0.2, -0.15) is 5.26 Å². The number of amides is 1. The molecule has 3 rings (SSSR count). The van der Waals surface area contributed by atoms with E-state index in [2.05, 4.69) is 16.4 Å². The van der Waals surface area contributed by atoms with Crippen LogP contribution in [0.2, 0.25) is 0 Å². The summed E-state index contributed by atoms with van der Waals surface area (Å²) in [5.41, 5.74) is 0.587. The molecular weight excluding hydrogens is 363 g/mol. The van der Waals surface area contributed by atoms with E-state index in [1.54, 1.807) is 19.9 Å². The number of carbonyl (C=O) groups is 1. The van der Waals surface area contributed by atoms with Crippen molar-refractivity contribution in [3.63, 3.8) is 0 Å². The van der Waals surface area contributed by atoms with Gasteiger partial charge in [-0.05, 0) is 38.0 Å². The zero-order valence-electron chi connectivity index (χ0n) is 15.8. The number of pyridine rings is 1.